The minimum Gasteiger partial charge on any atom is -0.392 e. The van der Waals surface area contributed by atoms with Crippen LogP contribution in [0.25, 0.3) is 0 Å². The van der Waals surface area contributed by atoms with Gasteiger partial charge in [0.15, 0.2) is 10.6 Å². The fourth-order valence-corrected chi connectivity index (χ4v) is 9.91. The number of thioether (sulfide) groups is 1. The maximum absolute atomic E-state index is 12.9. The molecular formula is C33H40N4O4S2. The number of aliphatic hydroxyl groups excluding tert-OH is 1. The third-order valence-corrected chi connectivity index (χ3v) is 11.7. The Morgan fingerprint density at radius 2 is 1.58 bits per heavy atom. The molecule has 228 valence electrons. The number of nitrogens with zero attached hydrogens (tertiary/aromatic N) is 2. The van der Waals surface area contributed by atoms with Crippen LogP contribution in [0, 0.1) is 24.7 Å². The molecule has 1 aliphatic heterocycles. The highest BCUT2D eigenvalue weighted by Crippen LogP contribution is 2.55. The van der Waals surface area contributed by atoms with Crippen LogP contribution in [0.4, 0.5) is 4.79 Å². The molecule has 3 atom stereocenters. The van der Waals surface area contributed by atoms with Crippen molar-refractivity contribution in [3.05, 3.63) is 75.8 Å². The molecule has 8 nitrogen and oxygen atoms in total. The molecule has 4 bridgehead atoms. The lowest BCUT2D eigenvalue weighted by molar-refractivity contribution is -0.245. The fraction of sp³-hybridized carbons (Fsp3) is 0.545. The molecule has 10 heteroatoms. The second-order valence-corrected chi connectivity index (χ2v) is 15.4. The number of aryl methyl sites for hydroxylation is 1. The van der Waals surface area contributed by atoms with E-state index in [1.54, 1.807) is 23.1 Å². The van der Waals surface area contributed by atoms with Crippen molar-refractivity contribution in [2.45, 2.75) is 93.4 Å². The molecule has 2 aromatic carbocycles. The molecule has 5 aliphatic rings. The Balaban J connectivity index is 0.981. The van der Waals surface area contributed by atoms with Crippen LogP contribution in [0.3, 0.4) is 0 Å². The molecule has 3 aromatic rings. The maximum Gasteiger partial charge on any atom is 0.315 e. The van der Waals surface area contributed by atoms with E-state index in [4.69, 9.17) is 9.47 Å². The van der Waals surface area contributed by atoms with Gasteiger partial charge < -0.3 is 25.2 Å². The number of amides is 2. The molecule has 0 spiro atoms. The van der Waals surface area contributed by atoms with Crippen LogP contribution in [0.2, 0.25) is 0 Å². The summed E-state index contributed by atoms with van der Waals surface area (Å²) < 4.78 is 13.9. The predicted octanol–water partition coefficient (Wildman–Crippen LogP) is 6.44. The van der Waals surface area contributed by atoms with E-state index in [1.165, 1.54) is 19.3 Å². The first-order valence-electron chi connectivity index (χ1n) is 15.5. The molecule has 2 amide bonds. The van der Waals surface area contributed by atoms with Crippen LogP contribution in [0.1, 0.15) is 84.6 Å². The number of hydrogen-bond donors (Lipinski definition) is 3. The number of aliphatic hydroxyl groups is 1. The van der Waals surface area contributed by atoms with Gasteiger partial charge in [0.1, 0.15) is 5.01 Å². The average molecular weight is 621 g/mol. The summed E-state index contributed by atoms with van der Waals surface area (Å²) in [6.07, 6.45) is 7.57. The number of carbonyl (C=O) groups is 1. The molecule has 8 rings (SSSR count). The standard InChI is InChI=1S/C33H40N4O4S2/c1-20-36-37-32(43-20)42-19-28-13-29(26-6-4-22(18-38)5-7-26)41-30(40-28)27-8-2-21(3-9-27)17-34-31(39)35-33-14-23-10-24(15-33)12-25(11-23)16-33/h2-9,23-25,28-30,38H,10-19H2,1H3,(H2,34,35,39). The molecule has 4 saturated carbocycles. The van der Waals surface area contributed by atoms with E-state index in [0.717, 1.165) is 80.8 Å². The van der Waals surface area contributed by atoms with E-state index >= 15 is 0 Å². The van der Waals surface area contributed by atoms with Gasteiger partial charge in [0.2, 0.25) is 0 Å². The number of carbonyl (C=O) groups excluding carboxylic acids is 1. The minimum atomic E-state index is -0.514. The van der Waals surface area contributed by atoms with Crippen molar-refractivity contribution in [1.29, 1.82) is 0 Å². The smallest absolute Gasteiger partial charge is 0.315 e. The molecule has 1 saturated heterocycles. The van der Waals surface area contributed by atoms with Gasteiger partial charge in [0.25, 0.3) is 0 Å². The van der Waals surface area contributed by atoms with Crippen molar-refractivity contribution in [2.75, 3.05) is 5.75 Å². The molecular weight excluding hydrogens is 581 g/mol. The van der Waals surface area contributed by atoms with Crippen LogP contribution >= 0.6 is 23.1 Å². The van der Waals surface area contributed by atoms with Crippen molar-refractivity contribution >= 4 is 29.1 Å². The second kappa shape index (κ2) is 12.5. The third kappa shape index (κ3) is 6.78. The molecule has 3 N–H and O–H groups in total. The molecule has 4 aliphatic carbocycles. The van der Waals surface area contributed by atoms with Gasteiger partial charge >= 0.3 is 6.03 Å². The molecule has 1 aromatic heterocycles. The first-order chi connectivity index (χ1) is 20.9. The number of nitrogens with one attached hydrogen (secondary N) is 2. The van der Waals surface area contributed by atoms with Crippen LogP contribution in [-0.2, 0) is 22.6 Å². The van der Waals surface area contributed by atoms with E-state index in [1.807, 2.05) is 55.5 Å². The number of aromatic nitrogens is 2. The quantitative estimate of drug-likeness (QED) is 0.236. The summed E-state index contributed by atoms with van der Waals surface area (Å²) in [6.45, 7) is 2.46. The van der Waals surface area contributed by atoms with Crippen LogP contribution in [0.15, 0.2) is 52.9 Å². The van der Waals surface area contributed by atoms with E-state index in [9.17, 15) is 9.90 Å². The first kappa shape index (κ1) is 29.2. The first-order valence-corrected chi connectivity index (χ1v) is 17.3. The molecule has 3 unspecified atom stereocenters. The summed E-state index contributed by atoms with van der Waals surface area (Å²) >= 11 is 3.26. The van der Waals surface area contributed by atoms with Crippen molar-refractivity contribution in [2.24, 2.45) is 17.8 Å². The highest BCUT2D eigenvalue weighted by atomic mass is 32.2. The zero-order chi connectivity index (χ0) is 29.4. The van der Waals surface area contributed by atoms with Gasteiger partial charge in [-0.2, -0.15) is 0 Å². The van der Waals surface area contributed by atoms with Gasteiger partial charge in [-0.05, 0) is 79.9 Å². The SMILES string of the molecule is Cc1nnc(SCC2CC(c3ccc(CO)cc3)OC(c3ccc(CNC(=O)NC45CC6CC(CC(C6)C4)C5)cc3)O2)s1. The third-order valence-electron chi connectivity index (χ3n) is 9.64. The summed E-state index contributed by atoms with van der Waals surface area (Å²) in [7, 11) is 0. The van der Waals surface area contributed by atoms with Gasteiger partial charge in [0, 0.05) is 29.8 Å². The lowest BCUT2D eigenvalue weighted by Gasteiger charge is -2.56. The summed E-state index contributed by atoms with van der Waals surface area (Å²) in [5.41, 5.74) is 3.94. The van der Waals surface area contributed by atoms with Gasteiger partial charge in [-0.3, -0.25) is 0 Å². The molecule has 5 fully saturated rings. The molecule has 2 heterocycles. The van der Waals surface area contributed by atoms with Crippen molar-refractivity contribution in [3.8, 4) is 0 Å². The Hall–Kier alpha value is -2.50. The van der Waals surface area contributed by atoms with Gasteiger partial charge in [0.05, 0.1) is 18.8 Å². The van der Waals surface area contributed by atoms with Gasteiger partial charge in [-0.1, -0.05) is 71.6 Å². The largest absolute Gasteiger partial charge is 0.392 e. The van der Waals surface area contributed by atoms with Crippen LogP contribution in [0.5, 0.6) is 0 Å². The second-order valence-electron chi connectivity index (χ2n) is 13.0. The Labute approximate surface area is 261 Å². The monoisotopic (exact) mass is 620 g/mol. The van der Waals surface area contributed by atoms with E-state index in [-0.39, 0.29) is 30.4 Å². The number of urea groups is 1. The van der Waals surface area contributed by atoms with Crippen molar-refractivity contribution in [1.82, 2.24) is 20.8 Å². The van der Waals surface area contributed by atoms with E-state index in [0.29, 0.717) is 6.54 Å². The Kier molecular flexibility index (Phi) is 8.48. The summed E-state index contributed by atoms with van der Waals surface area (Å²) in [5, 5.41) is 25.3. The van der Waals surface area contributed by atoms with Crippen LogP contribution < -0.4 is 10.6 Å². The molecule has 43 heavy (non-hydrogen) atoms. The van der Waals surface area contributed by atoms with Crippen molar-refractivity contribution in [3.63, 3.8) is 0 Å². The average Bonchev–Trinajstić information content (AvgIpc) is 3.43. The number of ether oxygens (including phenoxy) is 2. The summed E-state index contributed by atoms with van der Waals surface area (Å²) in [4.78, 5) is 12.9. The zero-order valence-electron chi connectivity index (χ0n) is 24.5. The highest BCUT2D eigenvalue weighted by Gasteiger charge is 2.51. The van der Waals surface area contributed by atoms with Gasteiger partial charge in [-0.15, -0.1) is 10.2 Å². The Bertz CT molecular complexity index is 1380. The zero-order valence-corrected chi connectivity index (χ0v) is 26.2. The van der Waals surface area contributed by atoms with Gasteiger partial charge in [-0.25, -0.2) is 4.79 Å². The maximum atomic E-state index is 12.9. The minimum absolute atomic E-state index is 0.0110. The molecule has 0 radical (unpaired) electrons. The summed E-state index contributed by atoms with van der Waals surface area (Å²) in [6, 6.07) is 16.0. The van der Waals surface area contributed by atoms with Crippen LogP contribution in [-0.4, -0.2) is 38.7 Å². The summed E-state index contributed by atoms with van der Waals surface area (Å²) in [5.74, 6) is 3.15. The van der Waals surface area contributed by atoms with E-state index < -0.39 is 6.29 Å². The number of hydrogen-bond acceptors (Lipinski definition) is 8. The Morgan fingerprint density at radius 3 is 2.21 bits per heavy atom. The number of rotatable bonds is 9. The highest BCUT2D eigenvalue weighted by molar-refractivity contribution is 8.01. The lowest BCUT2D eigenvalue weighted by Crippen LogP contribution is -2.61. The predicted molar refractivity (Wildman–Crippen MR) is 167 cm³/mol. The normalized spacial score (nSPS) is 31.2. The Morgan fingerprint density at radius 1 is 0.930 bits per heavy atom. The topological polar surface area (TPSA) is 106 Å². The van der Waals surface area contributed by atoms with Crippen molar-refractivity contribution < 1.29 is 19.4 Å². The lowest BCUT2D eigenvalue weighted by atomic mass is 9.53. The fourth-order valence-electron chi connectivity index (χ4n) is 8.05. The van der Waals surface area contributed by atoms with E-state index in [2.05, 4.69) is 20.8 Å². The number of benzene rings is 2.